The van der Waals surface area contributed by atoms with Crippen LogP contribution in [0, 0.1) is 29.1 Å². The smallest absolute Gasteiger partial charge is 0.200 e. The number of anilines is 1. The molecule has 3 aliphatic heterocycles. The van der Waals surface area contributed by atoms with Gasteiger partial charge in [0.1, 0.15) is 11.5 Å². The summed E-state index contributed by atoms with van der Waals surface area (Å²) in [6, 6.07) is 23.1. The van der Waals surface area contributed by atoms with Crippen LogP contribution in [0.15, 0.2) is 77.8 Å². The molecule has 3 nitrogen and oxygen atoms in total. The van der Waals surface area contributed by atoms with Crippen molar-refractivity contribution in [1.82, 2.24) is 0 Å². The molecule has 0 unspecified atom stereocenters. The molecule has 0 radical (unpaired) electrons. The molecule has 0 saturated heterocycles. The van der Waals surface area contributed by atoms with E-state index in [-0.39, 0.29) is 27.9 Å². The highest BCUT2D eigenvalue weighted by Gasteiger charge is 2.41. The maximum Gasteiger partial charge on any atom is 0.200 e. The Bertz CT molecular complexity index is 2890. The van der Waals surface area contributed by atoms with Crippen LogP contribution in [0.25, 0.3) is 46.6 Å². The van der Waals surface area contributed by atoms with Crippen LogP contribution >= 0.6 is 22.7 Å². The third kappa shape index (κ3) is 3.96. The lowest BCUT2D eigenvalue weighted by Crippen LogP contribution is -2.41. The highest BCUT2D eigenvalue weighted by atomic mass is 32.1. The van der Waals surface area contributed by atoms with Crippen molar-refractivity contribution in [1.29, 1.82) is 0 Å². The van der Waals surface area contributed by atoms with E-state index >= 15 is 17.6 Å². The maximum absolute atomic E-state index is 16.1. The Labute approximate surface area is 302 Å². The number of fused-ring (bicyclic) bond motifs is 12. The van der Waals surface area contributed by atoms with E-state index in [2.05, 4.69) is 30.9 Å². The molecular formula is C42H27F5N2OS2. The normalized spacial score (nSPS) is 16.0. The first kappa shape index (κ1) is 31.7. The van der Waals surface area contributed by atoms with Gasteiger partial charge in [-0.15, -0.1) is 22.7 Å². The fourth-order valence-corrected chi connectivity index (χ4v) is 11.1. The van der Waals surface area contributed by atoms with E-state index in [9.17, 15) is 4.39 Å². The van der Waals surface area contributed by atoms with Crippen LogP contribution in [-0.4, -0.2) is 7.05 Å². The monoisotopic (exact) mass is 734 g/mol. The summed E-state index contributed by atoms with van der Waals surface area (Å²) in [5, 5.41) is 2.94. The van der Waals surface area contributed by atoms with E-state index in [1.165, 1.54) is 0 Å². The number of benzene rings is 5. The van der Waals surface area contributed by atoms with Crippen LogP contribution < -0.4 is 20.2 Å². The van der Waals surface area contributed by atoms with Crippen molar-refractivity contribution in [3.05, 3.63) is 135 Å². The van der Waals surface area contributed by atoms with E-state index in [1.54, 1.807) is 46.9 Å². The van der Waals surface area contributed by atoms with E-state index in [0.717, 1.165) is 52.3 Å². The standard InChI is InChI=1S/C42H27F5N2OS2/c1-41(2)32-18-10-6-8-12-28(18)51-39(32)20-14-22-26(16-24(20)48-41)50-27-17-25-21(15-23(27)30(22)31-34(43)36(45)38(47)37(46)35(31)44)40-33(42(3,4)49(25)5)19-11-7-9-13-29(19)52-40/h6-17H,1-5H3. The Balaban J connectivity index is 1.35. The van der Waals surface area contributed by atoms with Gasteiger partial charge in [-0.1, -0.05) is 36.4 Å². The van der Waals surface area contributed by atoms with Crippen LogP contribution in [0.1, 0.15) is 49.9 Å². The minimum Gasteiger partial charge on any atom is -0.456 e. The summed E-state index contributed by atoms with van der Waals surface area (Å²) in [5.74, 6) is -9.61. The summed E-state index contributed by atoms with van der Waals surface area (Å²) in [6.07, 6.45) is 0. The fourth-order valence-electron chi connectivity index (χ4n) is 8.30. The Hall–Kier alpha value is -5.06. The van der Waals surface area contributed by atoms with Crippen LogP contribution in [0.4, 0.5) is 27.6 Å². The minimum atomic E-state index is -2.21. The molecule has 0 bridgehead atoms. The SMILES string of the molecule is CN1c2cc3c(cc2-c2sc4ccccc4c2C1(C)C)C(c1c(F)c(F)c(F)c(F)c1F)=c1cc2c(cc1O3)=NC(C)(C)c1c-2sc2ccccc12. The highest BCUT2D eigenvalue weighted by Crippen LogP contribution is 2.56. The quantitative estimate of drug-likeness (QED) is 0.0953. The molecule has 10 rings (SSSR count). The zero-order valence-electron chi connectivity index (χ0n) is 28.4. The molecule has 2 aromatic heterocycles. The van der Waals surface area contributed by atoms with E-state index < -0.39 is 45.7 Å². The van der Waals surface area contributed by atoms with Crippen molar-refractivity contribution in [3.63, 3.8) is 0 Å². The Morgan fingerprint density at radius 2 is 1.21 bits per heavy atom. The zero-order valence-corrected chi connectivity index (χ0v) is 30.1. The van der Waals surface area contributed by atoms with Gasteiger partial charge in [-0.2, -0.15) is 0 Å². The molecule has 0 amide bonds. The van der Waals surface area contributed by atoms with Crippen LogP contribution in [0.3, 0.4) is 0 Å². The molecule has 0 fully saturated rings. The second kappa shape index (κ2) is 10.3. The van der Waals surface area contributed by atoms with Gasteiger partial charge in [0.25, 0.3) is 0 Å². The second-order valence-electron chi connectivity index (χ2n) is 14.5. The number of hydrogen-bond acceptors (Lipinski definition) is 5. The van der Waals surface area contributed by atoms with Gasteiger partial charge in [0.05, 0.1) is 22.0 Å². The van der Waals surface area contributed by atoms with Crippen LogP contribution in [0.2, 0.25) is 0 Å². The van der Waals surface area contributed by atoms with Crippen molar-refractivity contribution in [3.8, 4) is 32.4 Å². The molecule has 0 atom stereocenters. The molecule has 0 spiro atoms. The molecule has 258 valence electrons. The van der Waals surface area contributed by atoms with Crippen molar-refractivity contribution >= 4 is 54.1 Å². The lowest BCUT2D eigenvalue weighted by atomic mass is 9.81. The largest absolute Gasteiger partial charge is 0.456 e. The maximum atomic E-state index is 16.1. The third-order valence-corrected chi connectivity index (χ3v) is 13.3. The van der Waals surface area contributed by atoms with E-state index in [4.69, 9.17) is 9.73 Å². The van der Waals surface area contributed by atoms with Gasteiger partial charge in [0, 0.05) is 82.6 Å². The highest BCUT2D eigenvalue weighted by molar-refractivity contribution is 7.23. The summed E-state index contributed by atoms with van der Waals surface area (Å²) in [7, 11) is 1.98. The Morgan fingerprint density at radius 1 is 0.635 bits per heavy atom. The van der Waals surface area contributed by atoms with Gasteiger partial charge in [-0.05, 0) is 62.7 Å². The number of hydrogen-bond donors (Lipinski definition) is 0. The van der Waals surface area contributed by atoms with Gasteiger partial charge < -0.3 is 9.64 Å². The summed E-state index contributed by atoms with van der Waals surface area (Å²) in [6.45, 7) is 8.32. The van der Waals surface area contributed by atoms with E-state index in [0.29, 0.717) is 10.9 Å². The Morgan fingerprint density at radius 3 is 1.87 bits per heavy atom. The number of rotatable bonds is 1. The predicted molar refractivity (Wildman–Crippen MR) is 198 cm³/mol. The topological polar surface area (TPSA) is 24.8 Å². The summed E-state index contributed by atoms with van der Waals surface area (Å²) >= 11 is 3.17. The molecule has 7 aromatic rings. The Kier molecular flexibility index (Phi) is 6.27. The average molecular weight is 735 g/mol. The molecule has 5 heterocycles. The summed E-state index contributed by atoms with van der Waals surface area (Å²) < 4.78 is 85.6. The summed E-state index contributed by atoms with van der Waals surface area (Å²) in [5.41, 5.74) is 2.36. The van der Waals surface area contributed by atoms with Crippen molar-refractivity contribution in [2.45, 2.75) is 38.8 Å². The van der Waals surface area contributed by atoms with Crippen molar-refractivity contribution in [2.24, 2.45) is 4.99 Å². The lowest BCUT2D eigenvalue weighted by molar-refractivity contribution is 0.376. The van der Waals surface area contributed by atoms with Crippen LogP contribution in [-0.2, 0) is 11.1 Å². The van der Waals surface area contributed by atoms with Gasteiger partial charge >= 0.3 is 0 Å². The van der Waals surface area contributed by atoms with E-state index in [1.807, 2.05) is 57.3 Å². The molecule has 3 aliphatic rings. The predicted octanol–water partition coefficient (Wildman–Crippen LogP) is 11.1. The molecule has 52 heavy (non-hydrogen) atoms. The van der Waals surface area contributed by atoms with Crippen molar-refractivity contribution < 1.29 is 26.7 Å². The first-order valence-electron chi connectivity index (χ1n) is 16.7. The number of halogens is 5. The number of nitrogens with zero attached hydrogens (tertiary/aromatic N) is 2. The zero-order chi connectivity index (χ0) is 36.2. The summed E-state index contributed by atoms with van der Waals surface area (Å²) in [4.78, 5) is 9.14. The first-order chi connectivity index (χ1) is 24.8. The molecule has 0 N–H and O–H groups in total. The molecule has 5 aromatic carbocycles. The van der Waals surface area contributed by atoms with Gasteiger partial charge in [0.2, 0.25) is 5.82 Å². The molecule has 0 aliphatic carbocycles. The van der Waals surface area contributed by atoms with Gasteiger partial charge in [-0.25, -0.2) is 22.0 Å². The molecule has 10 heteroatoms. The fraction of sp³-hybridized carbons (Fsp3) is 0.167. The third-order valence-electron chi connectivity index (χ3n) is 10.9. The minimum absolute atomic E-state index is 0.141. The number of thiophene rings is 2. The lowest BCUT2D eigenvalue weighted by Gasteiger charge is -2.43. The number of ether oxygens (including phenoxy) is 1. The molecule has 0 saturated carbocycles. The van der Waals surface area contributed by atoms with Gasteiger partial charge in [0.15, 0.2) is 23.3 Å². The van der Waals surface area contributed by atoms with Gasteiger partial charge in [-0.3, -0.25) is 4.99 Å². The average Bonchev–Trinajstić information content (AvgIpc) is 3.72. The second-order valence-corrected chi connectivity index (χ2v) is 16.7. The van der Waals surface area contributed by atoms with Crippen LogP contribution in [0.5, 0.6) is 11.5 Å². The first-order valence-corrected chi connectivity index (χ1v) is 18.4. The molecular weight excluding hydrogens is 708 g/mol. The van der Waals surface area contributed by atoms with Crippen molar-refractivity contribution in [2.75, 3.05) is 11.9 Å².